The molecule has 2 aliphatic carbocycles. The lowest BCUT2D eigenvalue weighted by Gasteiger charge is -2.25. The Bertz CT molecular complexity index is 400. The SMILES string of the molecule is CC(C)C1=CC=CC(OCC(=O)OC2(C)CCCC2)C1. The van der Waals surface area contributed by atoms with Crippen molar-refractivity contribution in [2.45, 2.75) is 64.6 Å². The fourth-order valence-corrected chi connectivity index (χ4v) is 2.92. The summed E-state index contributed by atoms with van der Waals surface area (Å²) < 4.78 is 11.2. The van der Waals surface area contributed by atoms with Gasteiger partial charge in [0.2, 0.25) is 0 Å². The predicted octanol–water partition coefficient (Wildman–Crippen LogP) is 3.79. The monoisotopic (exact) mass is 278 g/mol. The zero-order chi connectivity index (χ0) is 14.6. The van der Waals surface area contributed by atoms with Gasteiger partial charge in [0.25, 0.3) is 0 Å². The van der Waals surface area contributed by atoms with Crippen LogP contribution >= 0.6 is 0 Å². The quantitative estimate of drug-likeness (QED) is 0.718. The van der Waals surface area contributed by atoms with E-state index in [-0.39, 0.29) is 24.3 Å². The molecule has 0 bridgehead atoms. The van der Waals surface area contributed by atoms with Crippen molar-refractivity contribution in [2.24, 2.45) is 5.92 Å². The molecule has 0 saturated heterocycles. The third-order valence-corrected chi connectivity index (χ3v) is 4.25. The van der Waals surface area contributed by atoms with Crippen LogP contribution in [0.5, 0.6) is 0 Å². The Morgan fingerprint density at radius 1 is 1.40 bits per heavy atom. The van der Waals surface area contributed by atoms with Crippen molar-refractivity contribution in [1.82, 2.24) is 0 Å². The summed E-state index contributed by atoms with van der Waals surface area (Å²) in [4.78, 5) is 11.9. The van der Waals surface area contributed by atoms with Crippen LogP contribution in [0.25, 0.3) is 0 Å². The van der Waals surface area contributed by atoms with E-state index in [4.69, 9.17) is 9.47 Å². The summed E-state index contributed by atoms with van der Waals surface area (Å²) in [6.07, 6.45) is 11.3. The van der Waals surface area contributed by atoms with Gasteiger partial charge in [0, 0.05) is 0 Å². The molecule has 3 heteroatoms. The van der Waals surface area contributed by atoms with E-state index in [0.29, 0.717) is 5.92 Å². The molecule has 112 valence electrons. The molecule has 0 aliphatic heterocycles. The number of hydrogen-bond donors (Lipinski definition) is 0. The number of carbonyl (C=O) groups is 1. The standard InChI is InChI=1S/C17H26O3/c1-13(2)14-7-6-8-15(11-14)19-12-16(18)20-17(3)9-4-5-10-17/h6-8,13,15H,4-5,9-12H2,1-3H3. The molecule has 3 nitrogen and oxygen atoms in total. The first kappa shape index (κ1) is 15.3. The topological polar surface area (TPSA) is 35.5 Å². The van der Waals surface area contributed by atoms with E-state index < -0.39 is 0 Å². The number of allylic oxidation sites excluding steroid dienone is 2. The van der Waals surface area contributed by atoms with Crippen molar-refractivity contribution in [2.75, 3.05) is 6.61 Å². The first-order valence-corrected chi connectivity index (χ1v) is 7.69. The van der Waals surface area contributed by atoms with E-state index in [2.05, 4.69) is 19.9 Å². The summed E-state index contributed by atoms with van der Waals surface area (Å²) in [6, 6.07) is 0. The Morgan fingerprint density at radius 2 is 2.10 bits per heavy atom. The van der Waals surface area contributed by atoms with Crippen LogP contribution < -0.4 is 0 Å². The fraction of sp³-hybridized carbons (Fsp3) is 0.706. The van der Waals surface area contributed by atoms with Crippen molar-refractivity contribution in [3.05, 3.63) is 23.8 Å². The molecule has 1 atom stereocenters. The maximum Gasteiger partial charge on any atom is 0.332 e. The van der Waals surface area contributed by atoms with Gasteiger partial charge < -0.3 is 9.47 Å². The van der Waals surface area contributed by atoms with Gasteiger partial charge in [-0.25, -0.2) is 4.79 Å². The van der Waals surface area contributed by atoms with Gasteiger partial charge in [-0.1, -0.05) is 37.6 Å². The first-order valence-electron chi connectivity index (χ1n) is 7.69. The van der Waals surface area contributed by atoms with Crippen molar-refractivity contribution in [1.29, 1.82) is 0 Å². The average Bonchev–Trinajstić information content (AvgIpc) is 2.83. The summed E-state index contributed by atoms with van der Waals surface area (Å²) in [7, 11) is 0. The highest BCUT2D eigenvalue weighted by Crippen LogP contribution is 2.32. The van der Waals surface area contributed by atoms with Crippen LogP contribution in [0.3, 0.4) is 0 Å². The van der Waals surface area contributed by atoms with Crippen LogP contribution in [0, 0.1) is 5.92 Å². The molecule has 0 heterocycles. The number of ether oxygens (including phenoxy) is 2. The van der Waals surface area contributed by atoms with Gasteiger partial charge in [0.15, 0.2) is 0 Å². The van der Waals surface area contributed by atoms with Gasteiger partial charge in [-0.3, -0.25) is 0 Å². The molecule has 2 aliphatic rings. The Balaban J connectivity index is 1.74. The van der Waals surface area contributed by atoms with E-state index >= 15 is 0 Å². The molecule has 0 radical (unpaired) electrons. The van der Waals surface area contributed by atoms with E-state index in [1.54, 1.807) is 0 Å². The summed E-state index contributed by atoms with van der Waals surface area (Å²) >= 11 is 0. The van der Waals surface area contributed by atoms with Crippen molar-refractivity contribution >= 4 is 5.97 Å². The maximum absolute atomic E-state index is 11.9. The molecule has 1 unspecified atom stereocenters. The second-order valence-corrected chi connectivity index (χ2v) is 6.47. The molecular weight excluding hydrogens is 252 g/mol. The van der Waals surface area contributed by atoms with Gasteiger partial charge in [0.05, 0.1) is 6.10 Å². The van der Waals surface area contributed by atoms with E-state index in [1.807, 2.05) is 19.1 Å². The van der Waals surface area contributed by atoms with Gasteiger partial charge in [0.1, 0.15) is 12.2 Å². The third kappa shape index (κ3) is 4.20. The normalized spacial score (nSPS) is 24.8. The van der Waals surface area contributed by atoms with E-state index in [9.17, 15) is 4.79 Å². The minimum atomic E-state index is -0.258. The lowest BCUT2D eigenvalue weighted by molar-refractivity contribution is -0.164. The maximum atomic E-state index is 11.9. The van der Waals surface area contributed by atoms with Crippen molar-refractivity contribution < 1.29 is 14.3 Å². The lowest BCUT2D eigenvalue weighted by atomic mass is 9.93. The summed E-state index contributed by atoms with van der Waals surface area (Å²) in [6.45, 7) is 6.43. The van der Waals surface area contributed by atoms with Crippen LogP contribution in [-0.4, -0.2) is 24.3 Å². The molecule has 1 saturated carbocycles. The molecule has 20 heavy (non-hydrogen) atoms. The zero-order valence-corrected chi connectivity index (χ0v) is 12.9. The highest BCUT2D eigenvalue weighted by Gasteiger charge is 2.32. The molecule has 1 fully saturated rings. The van der Waals surface area contributed by atoms with Gasteiger partial charge in [-0.15, -0.1) is 0 Å². The summed E-state index contributed by atoms with van der Waals surface area (Å²) in [5.74, 6) is 0.291. The van der Waals surface area contributed by atoms with E-state index in [1.165, 1.54) is 5.57 Å². The Hall–Kier alpha value is -1.09. The number of hydrogen-bond acceptors (Lipinski definition) is 3. The Labute approximate surface area is 122 Å². The van der Waals surface area contributed by atoms with Crippen LogP contribution in [0.2, 0.25) is 0 Å². The first-order chi connectivity index (χ1) is 9.48. The molecule has 0 N–H and O–H groups in total. The predicted molar refractivity (Wildman–Crippen MR) is 79.4 cm³/mol. The van der Waals surface area contributed by atoms with Gasteiger partial charge >= 0.3 is 5.97 Å². The average molecular weight is 278 g/mol. The van der Waals surface area contributed by atoms with E-state index in [0.717, 1.165) is 32.1 Å². The summed E-state index contributed by atoms with van der Waals surface area (Å²) in [5.41, 5.74) is 1.11. The highest BCUT2D eigenvalue weighted by atomic mass is 16.6. The Morgan fingerprint density at radius 3 is 2.75 bits per heavy atom. The number of rotatable bonds is 5. The molecular formula is C17H26O3. The number of carbonyl (C=O) groups excluding carboxylic acids is 1. The highest BCUT2D eigenvalue weighted by molar-refractivity contribution is 5.71. The second kappa shape index (κ2) is 6.57. The van der Waals surface area contributed by atoms with Crippen LogP contribution in [0.1, 0.15) is 52.9 Å². The number of esters is 1. The van der Waals surface area contributed by atoms with Crippen LogP contribution in [0.15, 0.2) is 23.8 Å². The summed E-state index contributed by atoms with van der Waals surface area (Å²) in [5, 5.41) is 0. The second-order valence-electron chi connectivity index (χ2n) is 6.47. The zero-order valence-electron chi connectivity index (χ0n) is 12.9. The molecule has 0 aromatic rings. The van der Waals surface area contributed by atoms with Crippen molar-refractivity contribution in [3.63, 3.8) is 0 Å². The minimum absolute atomic E-state index is 0.00124. The van der Waals surface area contributed by atoms with Gasteiger partial charge in [-0.2, -0.15) is 0 Å². The molecule has 0 aromatic heterocycles. The van der Waals surface area contributed by atoms with Gasteiger partial charge in [-0.05, 0) is 44.9 Å². The molecule has 0 spiro atoms. The smallest absolute Gasteiger partial charge is 0.332 e. The molecule has 0 amide bonds. The Kier molecular flexibility index (Phi) is 5.03. The molecule has 0 aromatic carbocycles. The fourth-order valence-electron chi connectivity index (χ4n) is 2.92. The molecule has 2 rings (SSSR count). The van der Waals surface area contributed by atoms with Crippen LogP contribution in [0.4, 0.5) is 0 Å². The largest absolute Gasteiger partial charge is 0.458 e. The third-order valence-electron chi connectivity index (χ3n) is 4.25. The van der Waals surface area contributed by atoms with Crippen molar-refractivity contribution in [3.8, 4) is 0 Å². The minimum Gasteiger partial charge on any atom is -0.458 e. The van der Waals surface area contributed by atoms with Crippen LogP contribution in [-0.2, 0) is 14.3 Å². The lowest BCUT2D eigenvalue weighted by Crippen LogP contribution is -2.31.